The topological polar surface area (TPSA) is 88.9 Å². The van der Waals surface area contributed by atoms with Crippen LogP contribution in [0, 0.1) is 0 Å². The summed E-state index contributed by atoms with van der Waals surface area (Å²) in [6.45, 7) is 3.21. The van der Waals surface area contributed by atoms with Gasteiger partial charge in [-0.2, -0.15) is 0 Å². The number of nitrogens with zero attached hydrogens (tertiary/aromatic N) is 1. The van der Waals surface area contributed by atoms with E-state index in [1.807, 2.05) is 18.2 Å². The number of hydrogen-bond donors (Lipinski definition) is 2. The van der Waals surface area contributed by atoms with Gasteiger partial charge in [0.1, 0.15) is 17.2 Å². The first-order chi connectivity index (χ1) is 16.6. The largest absolute Gasteiger partial charge is 0.493 e. The Hall–Kier alpha value is -2.86. The van der Waals surface area contributed by atoms with Crippen LogP contribution in [-0.4, -0.2) is 41.0 Å². The molecule has 0 atom stereocenters. The lowest BCUT2D eigenvalue weighted by Gasteiger charge is -2.12. The van der Waals surface area contributed by atoms with Crippen LogP contribution in [0.3, 0.4) is 0 Å². The van der Waals surface area contributed by atoms with E-state index in [0.29, 0.717) is 42.4 Å². The van der Waals surface area contributed by atoms with E-state index in [4.69, 9.17) is 14.6 Å². The molecular formula is C28H39NO5. The number of carbonyl (C=O) groups is 1. The van der Waals surface area contributed by atoms with Crippen LogP contribution in [-0.2, 0) is 17.6 Å². The molecule has 186 valence electrons. The second-order valence-electron chi connectivity index (χ2n) is 8.37. The van der Waals surface area contributed by atoms with Gasteiger partial charge in [-0.1, -0.05) is 76.1 Å². The van der Waals surface area contributed by atoms with E-state index in [2.05, 4.69) is 11.9 Å². The number of ether oxygens (including phenoxy) is 2. The molecule has 0 aliphatic heterocycles. The normalized spacial score (nSPS) is 11.1. The molecule has 6 nitrogen and oxygen atoms in total. The van der Waals surface area contributed by atoms with Crippen molar-refractivity contribution in [3.63, 3.8) is 0 Å². The van der Waals surface area contributed by atoms with E-state index >= 15 is 0 Å². The third-order valence-corrected chi connectivity index (χ3v) is 5.51. The molecule has 0 saturated heterocycles. The number of hydrogen-bond acceptors (Lipinski definition) is 5. The monoisotopic (exact) mass is 469 g/mol. The molecule has 6 heteroatoms. The predicted octanol–water partition coefficient (Wildman–Crippen LogP) is 5.86. The zero-order valence-electron chi connectivity index (χ0n) is 20.4. The number of carboxylic acid groups (broad SMARTS) is 1. The maximum atomic E-state index is 11.0. The predicted molar refractivity (Wildman–Crippen MR) is 135 cm³/mol. The SMILES string of the molecule is CCCCCCCCCCOc1ccc(CCOc2ccccc2CC(=O)O)nc1C=CCO. The van der Waals surface area contributed by atoms with E-state index in [1.165, 1.54) is 44.9 Å². The minimum absolute atomic E-state index is 0.0626. The first-order valence-electron chi connectivity index (χ1n) is 12.5. The highest BCUT2D eigenvalue weighted by molar-refractivity contribution is 5.71. The second kappa shape index (κ2) is 16.7. The lowest BCUT2D eigenvalue weighted by molar-refractivity contribution is -0.136. The molecule has 2 N–H and O–H groups in total. The Kier molecular flexibility index (Phi) is 13.5. The van der Waals surface area contributed by atoms with E-state index in [1.54, 1.807) is 30.4 Å². The van der Waals surface area contributed by atoms with Crippen molar-refractivity contribution >= 4 is 12.0 Å². The van der Waals surface area contributed by atoms with Gasteiger partial charge in [-0.25, -0.2) is 4.98 Å². The molecule has 0 aliphatic carbocycles. The maximum Gasteiger partial charge on any atom is 0.307 e. The molecule has 1 heterocycles. The van der Waals surface area contributed by atoms with Crippen LogP contribution in [0.4, 0.5) is 0 Å². The number of carboxylic acids is 1. The Morgan fingerprint density at radius 1 is 0.912 bits per heavy atom. The molecule has 2 rings (SSSR count). The van der Waals surface area contributed by atoms with Crippen molar-refractivity contribution in [2.75, 3.05) is 19.8 Å². The van der Waals surface area contributed by atoms with E-state index in [0.717, 1.165) is 12.1 Å². The number of aliphatic carboxylic acids is 1. The highest BCUT2D eigenvalue weighted by atomic mass is 16.5. The minimum atomic E-state index is -0.888. The van der Waals surface area contributed by atoms with Crippen molar-refractivity contribution in [3.8, 4) is 11.5 Å². The van der Waals surface area contributed by atoms with Gasteiger partial charge in [0.15, 0.2) is 0 Å². The van der Waals surface area contributed by atoms with Gasteiger partial charge in [0.05, 0.1) is 26.2 Å². The molecule has 0 saturated carbocycles. The van der Waals surface area contributed by atoms with Crippen LogP contribution in [0.2, 0.25) is 0 Å². The fourth-order valence-corrected chi connectivity index (χ4v) is 3.69. The summed E-state index contributed by atoms with van der Waals surface area (Å²) in [4.78, 5) is 15.7. The van der Waals surface area contributed by atoms with Crippen molar-refractivity contribution in [1.29, 1.82) is 0 Å². The zero-order valence-corrected chi connectivity index (χ0v) is 20.4. The van der Waals surface area contributed by atoms with E-state index in [-0.39, 0.29) is 13.0 Å². The smallest absolute Gasteiger partial charge is 0.307 e. The third-order valence-electron chi connectivity index (χ3n) is 5.51. The molecule has 0 unspecified atom stereocenters. The molecule has 0 bridgehead atoms. The van der Waals surface area contributed by atoms with Crippen molar-refractivity contribution < 1.29 is 24.5 Å². The van der Waals surface area contributed by atoms with Crippen LogP contribution in [0.15, 0.2) is 42.5 Å². The summed E-state index contributed by atoms with van der Waals surface area (Å²) >= 11 is 0. The summed E-state index contributed by atoms with van der Waals surface area (Å²) in [6, 6.07) is 11.0. The highest BCUT2D eigenvalue weighted by Gasteiger charge is 2.09. The first kappa shape index (κ1) is 27.4. The Bertz CT molecular complexity index is 881. The number of benzene rings is 1. The second-order valence-corrected chi connectivity index (χ2v) is 8.37. The fourth-order valence-electron chi connectivity index (χ4n) is 3.69. The van der Waals surface area contributed by atoms with Gasteiger partial charge >= 0.3 is 5.97 Å². The molecule has 2 aromatic rings. The van der Waals surface area contributed by atoms with Crippen LogP contribution in [0.5, 0.6) is 11.5 Å². The van der Waals surface area contributed by atoms with Crippen molar-refractivity contribution in [2.24, 2.45) is 0 Å². The molecule has 34 heavy (non-hydrogen) atoms. The number of aliphatic hydroxyl groups excluding tert-OH is 1. The van der Waals surface area contributed by atoms with Gasteiger partial charge in [-0.05, 0) is 30.7 Å². The van der Waals surface area contributed by atoms with Crippen LogP contribution in [0.1, 0.15) is 75.2 Å². The Morgan fingerprint density at radius 3 is 2.35 bits per heavy atom. The minimum Gasteiger partial charge on any atom is -0.493 e. The number of aromatic nitrogens is 1. The summed E-state index contributed by atoms with van der Waals surface area (Å²) in [7, 11) is 0. The summed E-state index contributed by atoms with van der Waals surface area (Å²) in [5.41, 5.74) is 2.18. The zero-order chi connectivity index (χ0) is 24.4. The summed E-state index contributed by atoms with van der Waals surface area (Å²) < 4.78 is 11.8. The van der Waals surface area contributed by atoms with Crippen molar-refractivity contribution in [3.05, 3.63) is 59.4 Å². The Morgan fingerprint density at radius 2 is 1.62 bits per heavy atom. The average Bonchev–Trinajstić information content (AvgIpc) is 2.83. The standard InChI is InChI=1S/C28H39NO5/c1-2-3-4-5-6-7-8-11-20-33-27-17-16-24(29-25(27)14-12-19-30)18-21-34-26-15-10-9-13-23(26)22-28(31)32/h9-10,12-17,30H,2-8,11,18-22H2,1H3,(H,31,32). The van der Waals surface area contributed by atoms with Gasteiger partial charge in [0, 0.05) is 17.7 Å². The first-order valence-corrected chi connectivity index (χ1v) is 12.5. The average molecular weight is 470 g/mol. The molecular weight excluding hydrogens is 430 g/mol. The third kappa shape index (κ3) is 10.8. The summed E-state index contributed by atoms with van der Waals surface area (Å²) in [5.74, 6) is 0.403. The molecule has 1 aromatic carbocycles. The number of aliphatic hydroxyl groups is 1. The molecule has 0 aliphatic rings. The quantitative estimate of drug-likeness (QED) is 0.266. The molecule has 0 amide bonds. The van der Waals surface area contributed by atoms with Gasteiger partial charge < -0.3 is 19.7 Å². The van der Waals surface area contributed by atoms with E-state index in [9.17, 15) is 9.90 Å². The van der Waals surface area contributed by atoms with Gasteiger partial charge in [-0.15, -0.1) is 0 Å². The Labute approximate surface area is 203 Å². The molecule has 0 spiro atoms. The van der Waals surface area contributed by atoms with Gasteiger partial charge in [0.25, 0.3) is 0 Å². The van der Waals surface area contributed by atoms with E-state index < -0.39 is 5.97 Å². The summed E-state index contributed by atoms with van der Waals surface area (Å²) in [5, 5.41) is 18.2. The number of rotatable bonds is 18. The maximum absolute atomic E-state index is 11.0. The van der Waals surface area contributed by atoms with Gasteiger partial charge in [0.2, 0.25) is 0 Å². The number of para-hydroxylation sites is 1. The summed E-state index contributed by atoms with van der Waals surface area (Å²) in [6.07, 6.45) is 13.9. The fraction of sp³-hybridized carbons (Fsp3) is 0.500. The van der Waals surface area contributed by atoms with Gasteiger partial charge in [-0.3, -0.25) is 4.79 Å². The molecule has 1 aromatic heterocycles. The van der Waals surface area contributed by atoms with Crippen molar-refractivity contribution in [1.82, 2.24) is 4.98 Å². The van der Waals surface area contributed by atoms with Crippen molar-refractivity contribution in [2.45, 2.75) is 71.1 Å². The Balaban J connectivity index is 1.84. The lowest BCUT2D eigenvalue weighted by atomic mass is 10.1. The molecule has 0 radical (unpaired) electrons. The molecule has 0 fully saturated rings. The van der Waals surface area contributed by atoms with Crippen LogP contribution in [0.25, 0.3) is 6.08 Å². The lowest BCUT2D eigenvalue weighted by Crippen LogP contribution is -2.08. The highest BCUT2D eigenvalue weighted by Crippen LogP contribution is 2.21. The number of unbranched alkanes of at least 4 members (excludes halogenated alkanes) is 7. The van der Waals surface area contributed by atoms with Crippen LogP contribution >= 0.6 is 0 Å². The van der Waals surface area contributed by atoms with Crippen LogP contribution < -0.4 is 9.47 Å². The number of pyridine rings is 1.